The van der Waals surface area contributed by atoms with Gasteiger partial charge < -0.3 is 10.1 Å². The molecule has 1 N–H and O–H groups in total. The fourth-order valence-corrected chi connectivity index (χ4v) is 2.46. The number of carbonyl (C=O) groups is 1. The molecule has 0 fully saturated rings. The maximum Gasteiger partial charge on any atom is 0.238 e. The molecule has 0 aliphatic heterocycles. The minimum Gasteiger partial charge on any atom is -0.496 e. The van der Waals surface area contributed by atoms with Gasteiger partial charge in [-0.05, 0) is 32.2 Å². The van der Waals surface area contributed by atoms with Crippen molar-refractivity contribution < 1.29 is 9.53 Å². The van der Waals surface area contributed by atoms with Crippen molar-refractivity contribution in [3.8, 4) is 5.75 Å². The quantitative estimate of drug-likeness (QED) is 0.825. The molecule has 23 heavy (non-hydrogen) atoms. The predicted octanol–water partition coefficient (Wildman–Crippen LogP) is 3.12. The molecule has 1 heterocycles. The molecule has 0 radical (unpaired) electrons. The number of hydrogen-bond acceptors (Lipinski definition) is 4. The summed E-state index contributed by atoms with van der Waals surface area (Å²) in [6, 6.07) is 9.44. The van der Waals surface area contributed by atoms with Crippen molar-refractivity contribution in [3.05, 3.63) is 52.8 Å². The van der Waals surface area contributed by atoms with Crippen LogP contribution < -0.4 is 10.1 Å². The van der Waals surface area contributed by atoms with Crippen LogP contribution >= 0.6 is 11.6 Å². The zero-order valence-electron chi connectivity index (χ0n) is 13.5. The number of amides is 1. The SMILES string of the molecule is COc1ccc(C)cc1CN(C)CC(=O)Nc1cccnc1Cl. The smallest absolute Gasteiger partial charge is 0.238 e. The summed E-state index contributed by atoms with van der Waals surface area (Å²) in [7, 11) is 3.53. The molecule has 0 saturated heterocycles. The second-order valence-corrected chi connectivity index (χ2v) is 5.74. The van der Waals surface area contributed by atoms with E-state index in [0.29, 0.717) is 12.2 Å². The monoisotopic (exact) mass is 333 g/mol. The predicted molar refractivity (Wildman–Crippen MR) is 91.9 cm³/mol. The number of likely N-dealkylation sites (N-methyl/N-ethyl adjacent to an activating group) is 1. The third-order valence-electron chi connectivity index (χ3n) is 3.32. The average molecular weight is 334 g/mol. The maximum atomic E-state index is 12.1. The summed E-state index contributed by atoms with van der Waals surface area (Å²) in [6.07, 6.45) is 1.58. The van der Waals surface area contributed by atoms with E-state index in [0.717, 1.165) is 16.9 Å². The Hall–Kier alpha value is -2.11. The lowest BCUT2D eigenvalue weighted by Crippen LogP contribution is -2.30. The van der Waals surface area contributed by atoms with Crippen LogP contribution in [0.3, 0.4) is 0 Å². The number of hydrogen-bond donors (Lipinski definition) is 1. The third kappa shape index (κ3) is 4.94. The Labute approximate surface area is 141 Å². The van der Waals surface area contributed by atoms with Gasteiger partial charge in [-0.2, -0.15) is 0 Å². The molecular weight excluding hydrogens is 314 g/mol. The van der Waals surface area contributed by atoms with Gasteiger partial charge in [0.1, 0.15) is 5.75 Å². The van der Waals surface area contributed by atoms with Crippen molar-refractivity contribution in [1.82, 2.24) is 9.88 Å². The van der Waals surface area contributed by atoms with Crippen LogP contribution in [-0.4, -0.2) is 36.5 Å². The van der Waals surface area contributed by atoms with Crippen molar-refractivity contribution in [2.45, 2.75) is 13.5 Å². The maximum absolute atomic E-state index is 12.1. The first-order valence-electron chi connectivity index (χ1n) is 7.22. The highest BCUT2D eigenvalue weighted by atomic mass is 35.5. The fourth-order valence-electron chi connectivity index (χ4n) is 2.29. The number of anilines is 1. The van der Waals surface area contributed by atoms with E-state index in [1.54, 1.807) is 25.4 Å². The van der Waals surface area contributed by atoms with Crippen molar-refractivity contribution in [2.75, 3.05) is 26.0 Å². The molecule has 2 rings (SSSR count). The highest BCUT2D eigenvalue weighted by Gasteiger charge is 2.12. The van der Waals surface area contributed by atoms with Gasteiger partial charge in [-0.1, -0.05) is 29.3 Å². The lowest BCUT2D eigenvalue weighted by molar-refractivity contribution is -0.117. The van der Waals surface area contributed by atoms with E-state index in [9.17, 15) is 4.79 Å². The van der Waals surface area contributed by atoms with Crippen LogP contribution in [0, 0.1) is 6.92 Å². The van der Waals surface area contributed by atoms with E-state index in [1.165, 1.54) is 0 Å². The van der Waals surface area contributed by atoms with Gasteiger partial charge in [-0.15, -0.1) is 0 Å². The van der Waals surface area contributed by atoms with Gasteiger partial charge in [0.05, 0.1) is 19.3 Å². The first kappa shape index (κ1) is 17.2. The van der Waals surface area contributed by atoms with E-state index in [1.807, 2.05) is 31.0 Å². The molecule has 1 aromatic heterocycles. The highest BCUT2D eigenvalue weighted by molar-refractivity contribution is 6.32. The van der Waals surface area contributed by atoms with Crippen LogP contribution in [-0.2, 0) is 11.3 Å². The molecule has 0 aliphatic carbocycles. The lowest BCUT2D eigenvalue weighted by atomic mass is 10.1. The van der Waals surface area contributed by atoms with Gasteiger partial charge in [0, 0.05) is 18.3 Å². The van der Waals surface area contributed by atoms with E-state index in [4.69, 9.17) is 16.3 Å². The van der Waals surface area contributed by atoms with Crippen LogP contribution in [0.15, 0.2) is 36.5 Å². The number of aryl methyl sites for hydroxylation is 1. The van der Waals surface area contributed by atoms with Crippen LogP contribution in [0.2, 0.25) is 5.15 Å². The summed E-state index contributed by atoms with van der Waals surface area (Å²) in [5, 5.41) is 3.04. The number of halogens is 1. The average Bonchev–Trinajstić information content (AvgIpc) is 2.49. The molecule has 1 aromatic carbocycles. The number of rotatable bonds is 6. The number of ether oxygens (including phenoxy) is 1. The van der Waals surface area contributed by atoms with Crippen molar-refractivity contribution >= 4 is 23.2 Å². The lowest BCUT2D eigenvalue weighted by Gasteiger charge is -2.18. The Balaban J connectivity index is 1.97. The first-order chi connectivity index (χ1) is 11.0. The second kappa shape index (κ2) is 7.94. The van der Waals surface area contributed by atoms with Gasteiger partial charge in [0.2, 0.25) is 5.91 Å². The number of nitrogens with zero attached hydrogens (tertiary/aromatic N) is 2. The number of methoxy groups -OCH3 is 1. The molecule has 2 aromatic rings. The fraction of sp³-hybridized carbons (Fsp3) is 0.294. The second-order valence-electron chi connectivity index (χ2n) is 5.38. The zero-order chi connectivity index (χ0) is 16.8. The van der Waals surface area contributed by atoms with Crippen molar-refractivity contribution in [1.29, 1.82) is 0 Å². The van der Waals surface area contributed by atoms with E-state index in [-0.39, 0.29) is 17.6 Å². The number of pyridine rings is 1. The molecule has 1 amide bonds. The summed E-state index contributed by atoms with van der Waals surface area (Å²) in [6.45, 7) is 2.88. The summed E-state index contributed by atoms with van der Waals surface area (Å²) < 4.78 is 5.36. The Morgan fingerprint density at radius 1 is 1.39 bits per heavy atom. The Bertz CT molecular complexity index is 691. The zero-order valence-corrected chi connectivity index (χ0v) is 14.2. The highest BCUT2D eigenvalue weighted by Crippen LogP contribution is 2.21. The van der Waals surface area contributed by atoms with E-state index >= 15 is 0 Å². The van der Waals surface area contributed by atoms with Crippen LogP contribution in [0.5, 0.6) is 5.75 Å². The van der Waals surface area contributed by atoms with Gasteiger partial charge in [-0.25, -0.2) is 4.98 Å². The molecule has 0 atom stereocenters. The molecule has 0 saturated carbocycles. The number of aromatic nitrogens is 1. The molecule has 0 spiro atoms. The Kier molecular flexibility index (Phi) is 5.96. The Morgan fingerprint density at radius 3 is 2.87 bits per heavy atom. The summed E-state index contributed by atoms with van der Waals surface area (Å²) in [5.41, 5.74) is 2.71. The number of benzene rings is 1. The Morgan fingerprint density at radius 2 is 2.17 bits per heavy atom. The first-order valence-corrected chi connectivity index (χ1v) is 7.60. The van der Waals surface area contributed by atoms with Gasteiger partial charge >= 0.3 is 0 Å². The number of carbonyl (C=O) groups excluding carboxylic acids is 1. The molecule has 0 bridgehead atoms. The van der Waals surface area contributed by atoms with Crippen LogP contribution in [0.4, 0.5) is 5.69 Å². The third-order valence-corrected chi connectivity index (χ3v) is 3.62. The normalized spacial score (nSPS) is 10.7. The standard InChI is InChI=1S/C17H20ClN3O2/c1-12-6-7-15(23-3)13(9-12)10-21(2)11-16(22)20-14-5-4-8-19-17(14)18/h4-9H,10-11H2,1-3H3,(H,20,22). The summed E-state index contributed by atoms with van der Waals surface area (Å²) >= 11 is 5.94. The van der Waals surface area contributed by atoms with Crippen molar-refractivity contribution in [2.24, 2.45) is 0 Å². The van der Waals surface area contributed by atoms with Gasteiger partial charge in [0.25, 0.3) is 0 Å². The van der Waals surface area contributed by atoms with Crippen molar-refractivity contribution in [3.63, 3.8) is 0 Å². The molecular formula is C17H20ClN3O2. The van der Waals surface area contributed by atoms with Gasteiger partial charge in [-0.3, -0.25) is 9.69 Å². The summed E-state index contributed by atoms with van der Waals surface area (Å²) in [5.74, 6) is 0.673. The molecule has 0 unspecified atom stereocenters. The molecule has 0 aliphatic rings. The topological polar surface area (TPSA) is 54.5 Å². The van der Waals surface area contributed by atoms with E-state index < -0.39 is 0 Å². The number of nitrogens with one attached hydrogen (secondary N) is 1. The minimum atomic E-state index is -0.144. The minimum absolute atomic E-state index is 0.144. The largest absolute Gasteiger partial charge is 0.496 e. The van der Waals surface area contributed by atoms with Crippen LogP contribution in [0.1, 0.15) is 11.1 Å². The molecule has 6 heteroatoms. The van der Waals surface area contributed by atoms with Crippen LogP contribution in [0.25, 0.3) is 0 Å². The molecule has 122 valence electrons. The van der Waals surface area contributed by atoms with E-state index in [2.05, 4.69) is 16.4 Å². The summed E-state index contributed by atoms with van der Waals surface area (Å²) in [4.78, 5) is 18.0. The van der Waals surface area contributed by atoms with Gasteiger partial charge in [0.15, 0.2) is 5.15 Å². The molecule has 5 nitrogen and oxygen atoms in total.